The average molecular weight is 465 g/mol. The maximum Gasteiger partial charge on any atom is 0.252 e. The average Bonchev–Trinajstić information content (AvgIpc) is 3.03. The molecule has 0 spiro atoms. The number of benzene rings is 2. The Bertz CT molecular complexity index is 986. The van der Waals surface area contributed by atoms with Gasteiger partial charge in [-0.15, -0.1) is 0 Å². The molecule has 0 saturated heterocycles. The van der Waals surface area contributed by atoms with Gasteiger partial charge in [0.1, 0.15) is 0 Å². The van der Waals surface area contributed by atoms with Crippen LogP contribution in [0.25, 0.3) is 16.3 Å². The fourth-order valence-electron chi connectivity index (χ4n) is 2.46. The van der Waals surface area contributed by atoms with E-state index in [0.717, 1.165) is 26.8 Å². The third kappa shape index (κ3) is 5.17. The molecule has 0 unspecified atom stereocenters. The first-order valence-electron chi connectivity index (χ1n) is 8.39. The highest BCUT2D eigenvalue weighted by molar-refractivity contribution is 9.10. The summed E-state index contributed by atoms with van der Waals surface area (Å²) in [7, 11) is 3.97. The topological polar surface area (TPSA) is 36.4 Å². The number of hydrogen-bond acceptors (Lipinski definition) is 4. The second-order valence-electron chi connectivity index (χ2n) is 6.26. The number of halogens is 2. The van der Waals surface area contributed by atoms with E-state index in [4.69, 9.17) is 11.6 Å². The molecule has 0 fully saturated rings. The summed E-state index contributed by atoms with van der Waals surface area (Å²) in [5.41, 5.74) is 1.70. The van der Waals surface area contributed by atoms with E-state index in [2.05, 4.69) is 20.9 Å². The SMILES string of the molecule is CN(C)CCN(C(=O)/C=C/c1ccccc1Cl)c1nc2ccc(Br)cc2s1. The Kier molecular flexibility index (Phi) is 6.65. The van der Waals surface area contributed by atoms with E-state index in [-0.39, 0.29) is 5.91 Å². The predicted octanol–water partition coefficient (Wildman–Crippen LogP) is 5.32. The van der Waals surface area contributed by atoms with Gasteiger partial charge in [0, 0.05) is 28.7 Å². The Labute approximate surface area is 176 Å². The number of carbonyl (C=O) groups is 1. The van der Waals surface area contributed by atoms with Gasteiger partial charge in [0.15, 0.2) is 5.13 Å². The maximum atomic E-state index is 12.9. The van der Waals surface area contributed by atoms with Crippen molar-refractivity contribution in [3.63, 3.8) is 0 Å². The molecule has 0 N–H and O–H groups in total. The molecule has 140 valence electrons. The third-order valence-corrected chi connectivity index (χ3v) is 5.80. The molecule has 0 bridgehead atoms. The molecule has 0 atom stereocenters. The summed E-state index contributed by atoms with van der Waals surface area (Å²) in [5.74, 6) is -0.116. The van der Waals surface area contributed by atoms with Crippen LogP contribution in [0.4, 0.5) is 5.13 Å². The number of hydrogen-bond donors (Lipinski definition) is 0. The lowest BCUT2D eigenvalue weighted by Gasteiger charge is -2.20. The highest BCUT2D eigenvalue weighted by atomic mass is 79.9. The normalized spacial score (nSPS) is 11.6. The second kappa shape index (κ2) is 8.97. The molecular weight excluding hydrogens is 446 g/mol. The molecule has 3 aromatic rings. The minimum atomic E-state index is -0.116. The fraction of sp³-hybridized carbons (Fsp3) is 0.200. The van der Waals surface area contributed by atoms with Gasteiger partial charge in [-0.2, -0.15) is 0 Å². The van der Waals surface area contributed by atoms with Crippen LogP contribution in [0.2, 0.25) is 5.02 Å². The molecule has 0 aliphatic rings. The monoisotopic (exact) mass is 463 g/mol. The zero-order chi connectivity index (χ0) is 19.4. The quantitative estimate of drug-likeness (QED) is 0.463. The van der Waals surface area contributed by atoms with Gasteiger partial charge in [-0.25, -0.2) is 4.98 Å². The van der Waals surface area contributed by atoms with Crippen LogP contribution in [0.15, 0.2) is 53.0 Å². The first-order chi connectivity index (χ1) is 12.9. The van der Waals surface area contributed by atoms with Crippen molar-refractivity contribution in [2.75, 3.05) is 32.1 Å². The number of likely N-dealkylation sites (N-methyl/N-ethyl adjacent to an activating group) is 1. The summed E-state index contributed by atoms with van der Waals surface area (Å²) in [6, 6.07) is 13.4. The Morgan fingerprint density at radius 2 is 2.00 bits per heavy atom. The molecule has 3 rings (SSSR count). The lowest BCUT2D eigenvalue weighted by molar-refractivity contribution is -0.114. The van der Waals surface area contributed by atoms with E-state index in [0.29, 0.717) is 16.7 Å². The highest BCUT2D eigenvalue weighted by Crippen LogP contribution is 2.31. The van der Waals surface area contributed by atoms with E-state index in [1.54, 1.807) is 23.1 Å². The van der Waals surface area contributed by atoms with E-state index < -0.39 is 0 Å². The third-order valence-electron chi connectivity index (χ3n) is 3.92. The number of rotatable bonds is 6. The van der Waals surface area contributed by atoms with E-state index >= 15 is 0 Å². The zero-order valence-corrected chi connectivity index (χ0v) is 18.2. The van der Waals surface area contributed by atoms with Crippen LogP contribution in [0.5, 0.6) is 0 Å². The van der Waals surface area contributed by atoms with Crippen LogP contribution >= 0.6 is 38.9 Å². The fourth-order valence-corrected chi connectivity index (χ4v) is 4.21. The van der Waals surface area contributed by atoms with Crippen molar-refractivity contribution in [2.45, 2.75) is 0 Å². The molecule has 0 saturated carbocycles. The minimum Gasteiger partial charge on any atom is -0.308 e. The second-order valence-corrected chi connectivity index (χ2v) is 8.59. The van der Waals surface area contributed by atoms with Crippen molar-refractivity contribution < 1.29 is 4.79 Å². The summed E-state index contributed by atoms with van der Waals surface area (Å²) in [4.78, 5) is 21.3. The van der Waals surface area contributed by atoms with Crippen molar-refractivity contribution in [3.8, 4) is 0 Å². The molecule has 0 radical (unpaired) electrons. The first-order valence-corrected chi connectivity index (χ1v) is 10.4. The summed E-state index contributed by atoms with van der Waals surface area (Å²) in [6.45, 7) is 1.30. The molecule has 1 aromatic heterocycles. The van der Waals surface area contributed by atoms with Crippen molar-refractivity contribution >= 4 is 66.2 Å². The largest absolute Gasteiger partial charge is 0.308 e. The number of nitrogens with zero attached hydrogens (tertiary/aromatic N) is 3. The smallest absolute Gasteiger partial charge is 0.252 e. The van der Waals surface area contributed by atoms with Crippen molar-refractivity contribution in [1.82, 2.24) is 9.88 Å². The maximum absolute atomic E-state index is 12.9. The molecule has 27 heavy (non-hydrogen) atoms. The highest BCUT2D eigenvalue weighted by Gasteiger charge is 2.18. The van der Waals surface area contributed by atoms with Crippen LogP contribution in [-0.4, -0.2) is 43.0 Å². The van der Waals surface area contributed by atoms with E-state index in [9.17, 15) is 4.79 Å². The first kappa shape index (κ1) is 20.0. The minimum absolute atomic E-state index is 0.116. The molecule has 2 aromatic carbocycles. The van der Waals surface area contributed by atoms with E-state index in [1.165, 1.54) is 11.3 Å². The summed E-state index contributed by atoms with van der Waals surface area (Å²) < 4.78 is 2.03. The number of thiazole rings is 1. The van der Waals surface area contributed by atoms with Crippen LogP contribution in [0, 0.1) is 0 Å². The molecule has 7 heteroatoms. The summed E-state index contributed by atoms with van der Waals surface area (Å²) >= 11 is 11.2. The lowest BCUT2D eigenvalue weighted by atomic mass is 10.2. The van der Waals surface area contributed by atoms with Gasteiger partial charge in [-0.3, -0.25) is 9.69 Å². The standard InChI is InChI=1S/C20H19BrClN3OS/c1-24(2)11-12-25(19(26)10-7-14-5-3-4-6-16(14)22)20-23-17-9-8-15(21)13-18(17)27-20/h3-10,13H,11-12H2,1-2H3/b10-7+. The number of anilines is 1. The zero-order valence-electron chi connectivity index (χ0n) is 15.0. The number of amides is 1. The van der Waals surface area contributed by atoms with Gasteiger partial charge < -0.3 is 4.90 Å². The van der Waals surface area contributed by atoms with E-state index in [1.807, 2.05) is 55.4 Å². The van der Waals surface area contributed by atoms with Crippen molar-refractivity contribution in [1.29, 1.82) is 0 Å². The van der Waals surface area contributed by atoms with Crippen LogP contribution in [0.1, 0.15) is 5.56 Å². The van der Waals surface area contributed by atoms with Crippen LogP contribution in [-0.2, 0) is 4.79 Å². The predicted molar refractivity (Wildman–Crippen MR) is 119 cm³/mol. The van der Waals surface area contributed by atoms with Gasteiger partial charge in [-0.1, -0.05) is 57.1 Å². The Morgan fingerprint density at radius 1 is 1.22 bits per heavy atom. The molecule has 0 aliphatic heterocycles. The molecule has 1 heterocycles. The molecule has 1 amide bonds. The Morgan fingerprint density at radius 3 is 2.74 bits per heavy atom. The van der Waals surface area contributed by atoms with Gasteiger partial charge in [0.25, 0.3) is 5.91 Å². The van der Waals surface area contributed by atoms with Crippen molar-refractivity contribution in [2.24, 2.45) is 0 Å². The number of carbonyl (C=O) groups excluding carboxylic acids is 1. The van der Waals surface area contributed by atoms with Crippen LogP contribution < -0.4 is 4.90 Å². The molecular formula is C20H19BrClN3OS. The summed E-state index contributed by atoms with van der Waals surface area (Å²) in [5, 5.41) is 1.31. The van der Waals surface area contributed by atoms with Gasteiger partial charge in [0.2, 0.25) is 0 Å². The van der Waals surface area contributed by atoms with Gasteiger partial charge in [0.05, 0.1) is 10.2 Å². The molecule has 4 nitrogen and oxygen atoms in total. The van der Waals surface area contributed by atoms with Gasteiger partial charge >= 0.3 is 0 Å². The Hall–Kier alpha value is -1.73. The Balaban J connectivity index is 1.89. The van der Waals surface area contributed by atoms with Crippen molar-refractivity contribution in [3.05, 3.63) is 63.6 Å². The summed E-state index contributed by atoms with van der Waals surface area (Å²) in [6.07, 6.45) is 3.30. The number of fused-ring (bicyclic) bond motifs is 1. The number of aromatic nitrogens is 1. The van der Waals surface area contributed by atoms with Crippen LogP contribution in [0.3, 0.4) is 0 Å². The molecule has 0 aliphatic carbocycles. The van der Waals surface area contributed by atoms with Gasteiger partial charge in [-0.05, 0) is 50.0 Å². The lowest BCUT2D eigenvalue weighted by Crippen LogP contribution is -2.35.